The zero-order valence-electron chi connectivity index (χ0n) is 11.2. The van der Waals surface area contributed by atoms with Crippen LogP contribution in [0.1, 0.15) is 32.3 Å². The zero-order chi connectivity index (χ0) is 13.1. The second-order valence-electron chi connectivity index (χ2n) is 5.34. The summed E-state index contributed by atoms with van der Waals surface area (Å²) >= 11 is 0. The number of anilines is 1. The molecule has 0 amide bonds. The molecule has 96 valence electrons. The van der Waals surface area contributed by atoms with Gasteiger partial charge in [0.15, 0.2) is 0 Å². The van der Waals surface area contributed by atoms with Gasteiger partial charge in [0.25, 0.3) is 0 Å². The number of nitrogens with zero attached hydrogens (tertiary/aromatic N) is 1. The number of rotatable bonds is 4. The van der Waals surface area contributed by atoms with Crippen molar-refractivity contribution in [1.29, 1.82) is 5.26 Å². The predicted octanol–water partition coefficient (Wildman–Crippen LogP) is 3.41. The summed E-state index contributed by atoms with van der Waals surface area (Å²) in [5.41, 5.74) is 1.62. The first-order valence-corrected chi connectivity index (χ1v) is 6.48. The number of nitriles is 1. The molecule has 0 spiro atoms. The van der Waals surface area contributed by atoms with Gasteiger partial charge in [-0.1, -0.05) is 13.8 Å². The quantitative estimate of drug-likeness (QED) is 0.882. The lowest BCUT2D eigenvalue weighted by atomic mass is 9.73. The Morgan fingerprint density at radius 3 is 2.67 bits per heavy atom. The fraction of sp³-hybridized carbons (Fsp3) is 0.533. The standard InChI is InChI=1S/C15H20N2O/c1-10(2)12-7-13(8-12)17-14-5-4-11(9-16)6-15(14)18-3/h4-6,10,12-13,17H,7-8H2,1-3H3. The minimum atomic E-state index is 0.541. The van der Waals surface area contributed by atoms with Crippen LogP contribution in [0.4, 0.5) is 5.69 Å². The maximum absolute atomic E-state index is 8.86. The zero-order valence-corrected chi connectivity index (χ0v) is 11.2. The van der Waals surface area contributed by atoms with Crippen molar-refractivity contribution in [2.45, 2.75) is 32.7 Å². The van der Waals surface area contributed by atoms with E-state index in [1.165, 1.54) is 12.8 Å². The lowest BCUT2D eigenvalue weighted by Gasteiger charge is -2.39. The first kappa shape index (κ1) is 12.8. The van der Waals surface area contributed by atoms with E-state index in [9.17, 15) is 0 Å². The largest absolute Gasteiger partial charge is 0.495 e. The molecule has 0 saturated heterocycles. The summed E-state index contributed by atoms with van der Waals surface area (Å²) in [4.78, 5) is 0. The van der Waals surface area contributed by atoms with Gasteiger partial charge < -0.3 is 10.1 Å². The first-order valence-electron chi connectivity index (χ1n) is 6.48. The van der Waals surface area contributed by atoms with Crippen LogP contribution in [0.5, 0.6) is 5.75 Å². The monoisotopic (exact) mass is 244 g/mol. The van der Waals surface area contributed by atoms with Gasteiger partial charge in [0.05, 0.1) is 24.4 Å². The Morgan fingerprint density at radius 2 is 2.11 bits per heavy atom. The number of hydrogen-bond donors (Lipinski definition) is 1. The molecule has 3 nitrogen and oxygen atoms in total. The third-order valence-corrected chi connectivity index (χ3v) is 3.81. The summed E-state index contributed by atoms with van der Waals surface area (Å²) in [5, 5.41) is 12.4. The smallest absolute Gasteiger partial charge is 0.143 e. The fourth-order valence-corrected chi connectivity index (χ4v) is 2.42. The van der Waals surface area contributed by atoms with Gasteiger partial charge in [0.2, 0.25) is 0 Å². The Morgan fingerprint density at radius 1 is 1.39 bits per heavy atom. The summed E-state index contributed by atoms with van der Waals surface area (Å²) in [6.07, 6.45) is 2.45. The number of hydrogen-bond acceptors (Lipinski definition) is 3. The molecule has 0 unspecified atom stereocenters. The van der Waals surface area contributed by atoms with Crippen molar-refractivity contribution >= 4 is 5.69 Å². The minimum Gasteiger partial charge on any atom is -0.495 e. The van der Waals surface area contributed by atoms with Crippen LogP contribution in [0, 0.1) is 23.2 Å². The van der Waals surface area contributed by atoms with Gasteiger partial charge in [-0.05, 0) is 36.8 Å². The number of benzene rings is 1. The van der Waals surface area contributed by atoms with Gasteiger partial charge in [0, 0.05) is 12.1 Å². The molecule has 0 bridgehead atoms. The van der Waals surface area contributed by atoms with E-state index in [1.54, 1.807) is 13.2 Å². The molecule has 0 aliphatic heterocycles. The second-order valence-corrected chi connectivity index (χ2v) is 5.34. The average molecular weight is 244 g/mol. The molecule has 2 rings (SSSR count). The summed E-state index contributed by atoms with van der Waals surface area (Å²) in [5.74, 6) is 2.36. The lowest BCUT2D eigenvalue weighted by Crippen LogP contribution is -2.37. The van der Waals surface area contributed by atoms with Crippen LogP contribution in [0.3, 0.4) is 0 Å². The van der Waals surface area contributed by atoms with E-state index in [0.717, 1.165) is 23.3 Å². The van der Waals surface area contributed by atoms with Crippen molar-refractivity contribution < 1.29 is 4.74 Å². The van der Waals surface area contributed by atoms with Crippen LogP contribution >= 0.6 is 0 Å². The van der Waals surface area contributed by atoms with Gasteiger partial charge in [-0.25, -0.2) is 0 Å². The Hall–Kier alpha value is -1.69. The van der Waals surface area contributed by atoms with E-state index >= 15 is 0 Å². The molecule has 1 fully saturated rings. The van der Waals surface area contributed by atoms with Crippen molar-refractivity contribution in [3.05, 3.63) is 23.8 Å². The first-order chi connectivity index (χ1) is 8.63. The highest BCUT2D eigenvalue weighted by atomic mass is 16.5. The molecule has 1 aromatic rings. The number of ether oxygens (including phenoxy) is 1. The molecule has 1 N–H and O–H groups in total. The van der Waals surface area contributed by atoms with Gasteiger partial charge >= 0.3 is 0 Å². The average Bonchev–Trinajstić information content (AvgIpc) is 2.32. The Balaban J connectivity index is 2.00. The maximum Gasteiger partial charge on any atom is 0.143 e. The summed E-state index contributed by atoms with van der Waals surface area (Å²) in [6.45, 7) is 4.56. The molecule has 1 saturated carbocycles. The predicted molar refractivity (Wildman–Crippen MR) is 72.7 cm³/mol. The fourth-order valence-electron chi connectivity index (χ4n) is 2.42. The Labute approximate surface area is 109 Å². The molecule has 0 radical (unpaired) electrons. The summed E-state index contributed by atoms with van der Waals surface area (Å²) in [7, 11) is 1.64. The van der Waals surface area contributed by atoms with Gasteiger partial charge in [-0.2, -0.15) is 5.26 Å². The Kier molecular flexibility index (Phi) is 3.76. The minimum absolute atomic E-state index is 0.541. The second kappa shape index (κ2) is 5.30. The maximum atomic E-state index is 8.86. The summed E-state index contributed by atoms with van der Waals surface area (Å²) < 4.78 is 5.32. The molecule has 1 aliphatic rings. The van der Waals surface area contributed by atoms with Crippen LogP contribution in [0.15, 0.2) is 18.2 Å². The Bertz CT molecular complexity index is 456. The van der Waals surface area contributed by atoms with Crippen LogP contribution in [0.2, 0.25) is 0 Å². The van der Waals surface area contributed by atoms with E-state index in [0.29, 0.717) is 11.6 Å². The molecule has 3 heteroatoms. The number of methoxy groups -OCH3 is 1. The van der Waals surface area contributed by atoms with Crippen LogP contribution in [-0.4, -0.2) is 13.2 Å². The van der Waals surface area contributed by atoms with Gasteiger partial charge in [0.1, 0.15) is 5.75 Å². The highest BCUT2D eigenvalue weighted by Gasteiger charge is 2.31. The SMILES string of the molecule is COc1cc(C#N)ccc1NC1CC(C(C)C)C1. The highest BCUT2D eigenvalue weighted by Crippen LogP contribution is 2.37. The van der Waals surface area contributed by atoms with Crippen LogP contribution in [-0.2, 0) is 0 Å². The van der Waals surface area contributed by atoms with Crippen molar-refractivity contribution in [3.63, 3.8) is 0 Å². The molecular formula is C15H20N2O. The van der Waals surface area contributed by atoms with E-state index in [1.807, 2.05) is 12.1 Å². The van der Waals surface area contributed by atoms with Crippen LogP contribution < -0.4 is 10.1 Å². The lowest BCUT2D eigenvalue weighted by molar-refractivity contribution is 0.211. The third-order valence-electron chi connectivity index (χ3n) is 3.81. The topological polar surface area (TPSA) is 45.0 Å². The summed E-state index contributed by atoms with van der Waals surface area (Å²) in [6, 6.07) is 8.20. The molecule has 18 heavy (non-hydrogen) atoms. The van der Waals surface area contributed by atoms with E-state index in [-0.39, 0.29) is 0 Å². The van der Waals surface area contributed by atoms with E-state index < -0.39 is 0 Å². The molecule has 0 atom stereocenters. The number of nitrogens with one attached hydrogen (secondary N) is 1. The van der Waals surface area contributed by atoms with Crippen LogP contribution in [0.25, 0.3) is 0 Å². The molecule has 1 aromatic carbocycles. The van der Waals surface area contributed by atoms with Gasteiger partial charge in [-0.3, -0.25) is 0 Å². The highest BCUT2D eigenvalue weighted by molar-refractivity contribution is 5.60. The van der Waals surface area contributed by atoms with Gasteiger partial charge in [-0.15, -0.1) is 0 Å². The van der Waals surface area contributed by atoms with Crippen molar-refractivity contribution in [1.82, 2.24) is 0 Å². The molecule has 0 heterocycles. The molecule has 0 aromatic heterocycles. The van der Waals surface area contributed by atoms with E-state index in [2.05, 4.69) is 25.2 Å². The van der Waals surface area contributed by atoms with Crippen molar-refractivity contribution in [2.75, 3.05) is 12.4 Å². The van der Waals surface area contributed by atoms with Crippen molar-refractivity contribution in [3.8, 4) is 11.8 Å². The van der Waals surface area contributed by atoms with Crippen molar-refractivity contribution in [2.24, 2.45) is 11.8 Å². The molecule has 1 aliphatic carbocycles. The normalized spacial score (nSPS) is 22.2. The van der Waals surface area contributed by atoms with E-state index in [4.69, 9.17) is 10.00 Å². The molecular weight excluding hydrogens is 224 g/mol. The third kappa shape index (κ3) is 2.59.